The third kappa shape index (κ3) is 3.84. The smallest absolute Gasteiger partial charge is 0.259 e. The van der Waals surface area contributed by atoms with Gasteiger partial charge in [0, 0.05) is 11.3 Å². The van der Waals surface area contributed by atoms with E-state index in [1.807, 2.05) is 12.1 Å². The molecule has 0 saturated heterocycles. The number of hydrogen-bond acceptors (Lipinski definition) is 3. The summed E-state index contributed by atoms with van der Waals surface area (Å²) in [5.41, 5.74) is 1.33. The quantitative estimate of drug-likeness (QED) is 0.634. The molecular weight excluding hydrogens is 316 g/mol. The number of carbonyl (C=O) groups excluding carboxylic acids is 2. The van der Waals surface area contributed by atoms with Gasteiger partial charge in [-0.1, -0.05) is 42.5 Å². The second-order valence-corrected chi connectivity index (χ2v) is 5.34. The summed E-state index contributed by atoms with van der Waals surface area (Å²) in [6.45, 7) is 0. The largest absolute Gasteiger partial charge is 0.505 e. The topological polar surface area (TPSA) is 78.4 Å². The van der Waals surface area contributed by atoms with Crippen molar-refractivity contribution < 1.29 is 14.7 Å². The van der Waals surface area contributed by atoms with Crippen LogP contribution in [0.4, 0.5) is 11.4 Å². The Morgan fingerprint density at radius 2 is 1.32 bits per heavy atom. The Labute approximate surface area is 144 Å². The second-order valence-electron chi connectivity index (χ2n) is 5.34. The van der Waals surface area contributed by atoms with Crippen molar-refractivity contribution in [3.05, 3.63) is 90.0 Å². The first kappa shape index (κ1) is 16.3. The SMILES string of the molecule is O=C(Nc1cccc(C(=O)Nc2ccccc2)c1O)c1ccccc1. The molecule has 0 radical (unpaired) electrons. The van der Waals surface area contributed by atoms with E-state index in [2.05, 4.69) is 10.6 Å². The standard InChI is InChI=1S/C20H16N2O3/c23-18-16(20(25)21-15-10-5-2-6-11-15)12-7-13-17(18)22-19(24)14-8-3-1-4-9-14/h1-13,23H,(H,21,25)(H,22,24). The Hall–Kier alpha value is -3.60. The van der Waals surface area contributed by atoms with Crippen molar-refractivity contribution in [1.82, 2.24) is 0 Å². The van der Waals surface area contributed by atoms with Crippen molar-refractivity contribution in [2.75, 3.05) is 10.6 Å². The van der Waals surface area contributed by atoms with Gasteiger partial charge in [0.15, 0.2) is 5.75 Å². The van der Waals surface area contributed by atoms with Crippen LogP contribution in [0.15, 0.2) is 78.9 Å². The number of phenols is 1. The Morgan fingerprint density at radius 3 is 2.00 bits per heavy atom. The van der Waals surface area contributed by atoms with Crippen LogP contribution < -0.4 is 10.6 Å². The highest BCUT2D eigenvalue weighted by atomic mass is 16.3. The number of amides is 2. The summed E-state index contributed by atoms with van der Waals surface area (Å²) < 4.78 is 0. The van der Waals surface area contributed by atoms with E-state index in [0.29, 0.717) is 11.3 Å². The molecule has 0 aliphatic rings. The molecule has 0 bridgehead atoms. The fourth-order valence-electron chi connectivity index (χ4n) is 2.33. The first-order chi connectivity index (χ1) is 12.1. The molecule has 3 aromatic carbocycles. The number of para-hydroxylation sites is 2. The molecule has 5 nitrogen and oxygen atoms in total. The van der Waals surface area contributed by atoms with E-state index in [1.165, 1.54) is 12.1 Å². The molecule has 0 aliphatic carbocycles. The van der Waals surface area contributed by atoms with Gasteiger partial charge in [0.25, 0.3) is 11.8 Å². The summed E-state index contributed by atoms with van der Waals surface area (Å²) in [5.74, 6) is -1.10. The van der Waals surface area contributed by atoms with Gasteiger partial charge in [0.05, 0.1) is 11.3 Å². The Morgan fingerprint density at radius 1 is 0.680 bits per heavy atom. The second kappa shape index (κ2) is 7.31. The predicted molar refractivity (Wildman–Crippen MR) is 96.9 cm³/mol. The van der Waals surface area contributed by atoms with E-state index in [-0.39, 0.29) is 22.9 Å². The van der Waals surface area contributed by atoms with Crippen LogP contribution in [0.1, 0.15) is 20.7 Å². The van der Waals surface area contributed by atoms with E-state index in [0.717, 1.165) is 0 Å². The number of benzene rings is 3. The lowest BCUT2D eigenvalue weighted by atomic mass is 10.1. The van der Waals surface area contributed by atoms with Gasteiger partial charge < -0.3 is 15.7 Å². The molecule has 124 valence electrons. The first-order valence-corrected chi connectivity index (χ1v) is 7.70. The van der Waals surface area contributed by atoms with Crippen molar-refractivity contribution in [3.8, 4) is 5.75 Å². The molecule has 0 aromatic heterocycles. The molecule has 0 fully saturated rings. The molecule has 25 heavy (non-hydrogen) atoms. The van der Waals surface area contributed by atoms with Crippen LogP contribution in [0.25, 0.3) is 0 Å². The maximum atomic E-state index is 12.4. The van der Waals surface area contributed by atoms with Crippen LogP contribution in [-0.2, 0) is 0 Å². The molecule has 0 atom stereocenters. The number of nitrogens with one attached hydrogen (secondary N) is 2. The molecule has 5 heteroatoms. The van der Waals surface area contributed by atoms with E-state index in [1.54, 1.807) is 54.6 Å². The zero-order valence-corrected chi connectivity index (χ0v) is 13.3. The van der Waals surface area contributed by atoms with E-state index >= 15 is 0 Å². The summed E-state index contributed by atoms with van der Waals surface area (Å²) in [7, 11) is 0. The molecule has 3 N–H and O–H groups in total. The lowest BCUT2D eigenvalue weighted by Gasteiger charge is -2.11. The van der Waals surface area contributed by atoms with Gasteiger partial charge >= 0.3 is 0 Å². The number of phenolic OH excluding ortho intramolecular Hbond substituents is 1. The van der Waals surface area contributed by atoms with Gasteiger partial charge in [-0.2, -0.15) is 0 Å². The monoisotopic (exact) mass is 332 g/mol. The van der Waals surface area contributed by atoms with Gasteiger partial charge in [-0.05, 0) is 36.4 Å². The number of hydrogen-bond donors (Lipinski definition) is 3. The van der Waals surface area contributed by atoms with Crippen molar-refractivity contribution in [2.24, 2.45) is 0 Å². The van der Waals surface area contributed by atoms with Gasteiger partial charge in [0.1, 0.15) is 0 Å². The lowest BCUT2D eigenvalue weighted by molar-refractivity contribution is 0.101. The Balaban J connectivity index is 1.80. The van der Waals surface area contributed by atoms with Crippen LogP contribution in [-0.4, -0.2) is 16.9 Å². The van der Waals surface area contributed by atoms with E-state index in [4.69, 9.17) is 0 Å². The minimum Gasteiger partial charge on any atom is -0.505 e. The minimum atomic E-state index is -0.459. The third-order valence-electron chi connectivity index (χ3n) is 3.60. The van der Waals surface area contributed by atoms with Crippen molar-refractivity contribution >= 4 is 23.2 Å². The molecule has 0 unspecified atom stereocenters. The number of carbonyl (C=O) groups is 2. The van der Waals surface area contributed by atoms with Gasteiger partial charge in [-0.3, -0.25) is 9.59 Å². The molecule has 0 saturated carbocycles. The van der Waals surface area contributed by atoms with Gasteiger partial charge in [-0.15, -0.1) is 0 Å². The molecule has 3 aromatic rings. The molecule has 0 spiro atoms. The number of rotatable bonds is 4. The van der Waals surface area contributed by atoms with Crippen LogP contribution in [0, 0.1) is 0 Å². The van der Waals surface area contributed by atoms with E-state index < -0.39 is 5.91 Å². The van der Waals surface area contributed by atoms with Crippen LogP contribution in [0.2, 0.25) is 0 Å². The van der Waals surface area contributed by atoms with Crippen molar-refractivity contribution in [3.63, 3.8) is 0 Å². The number of aromatic hydroxyl groups is 1. The highest BCUT2D eigenvalue weighted by molar-refractivity contribution is 6.09. The zero-order chi connectivity index (χ0) is 17.6. The average Bonchev–Trinajstić information content (AvgIpc) is 2.65. The Kier molecular flexibility index (Phi) is 4.76. The van der Waals surface area contributed by atoms with E-state index in [9.17, 15) is 14.7 Å². The maximum Gasteiger partial charge on any atom is 0.259 e. The first-order valence-electron chi connectivity index (χ1n) is 7.70. The summed E-state index contributed by atoms with van der Waals surface area (Å²) in [6, 6.07) is 22.2. The highest BCUT2D eigenvalue weighted by Gasteiger charge is 2.16. The third-order valence-corrected chi connectivity index (χ3v) is 3.60. The van der Waals surface area contributed by atoms with Crippen molar-refractivity contribution in [1.29, 1.82) is 0 Å². The van der Waals surface area contributed by atoms with Crippen LogP contribution in [0.3, 0.4) is 0 Å². The number of anilines is 2. The maximum absolute atomic E-state index is 12.4. The fourth-order valence-corrected chi connectivity index (χ4v) is 2.33. The lowest BCUT2D eigenvalue weighted by Crippen LogP contribution is -2.15. The molecular formula is C20H16N2O3. The average molecular weight is 332 g/mol. The highest BCUT2D eigenvalue weighted by Crippen LogP contribution is 2.28. The van der Waals surface area contributed by atoms with Gasteiger partial charge in [0.2, 0.25) is 0 Å². The Bertz CT molecular complexity index is 893. The summed E-state index contributed by atoms with van der Waals surface area (Å²) in [5, 5.41) is 15.7. The van der Waals surface area contributed by atoms with Gasteiger partial charge in [-0.25, -0.2) is 0 Å². The fraction of sp³-hybridized carbons (Fsp3) is 0. The summed E-state index contributed by atoms with van der Waals surface area (Å²) in [4.78, 5) is 24.6. The normalized spacial score (nSPS) is 10.1. The molecule has 0 aliphatic heterocycles. The molecule has 3 rings (SSSR count). The minimum absolute atomic E-state index is 0.0784. The van der Waals surface area contributed by atoms with Crippen molar-refractivity contribution in [2.45, 2.75) is 0 Å². The van der Waals surface area contributed by atoms with Crippen LogP contribution in [0.5, 0.6) is 5.75 Å². The predicted octanol–water partition coefficient (Wildman–Crippen LogP) is 3.90. The van der Waals surface area contributed by atoms with Crippen LogP contribution >= 0.6 is 0 Å². The summed E-state index contributed by atoms with van der Waals surface area (Å²) >= 11 is 0. The zero-order valence-electron chi connectivity index (χ0n) is 13.3. The summed E-state index contributed by atoms with van der Waals surface area (Å²) in [6.07, 6.45) is 0. The molecule has 2 amide bonds. The molecule has 0 heterocycles.